The lowest BCUT2D eigenvalue weighted by Gasteiger charge is -2.08. The molecule has 0 aliphatic rings. The number of esters is 1. The van der Waals surface area contributed by atoms with E-state index in [0.29, 0.717) is 35.1 Å². The van der Waals surface area contributed by atoms with Crippen LogP contribution < -0.4 is 5.32 Å². The maximum Gasteiger partial charge on any atom is 0.338 e. The van der Waals surface area contributed by atoms with E-state index in [-0.39, 0.29) is 11.9 Å². The monoisotopic (exact) mass is 349 g/mol. The molecule has 0 unspecified atom stereocenters. The van der Waals surface area contributed by atoms with E-state index in [1.165, 1.54) is 10.9 Å². The molecule has 2 rings (SSSR count). The molecule has 24 heavy (non-hydrogen) atoms. The molecule has 0 bridgehead atoms. The lowest BCUT2D eigenvalue weighted by Crippen LogP contribution is -2.18. The van der Waals surface area contributed by atoms with Crippen molar-refractivity contribution < 1.29 is 14.3 Å². The highest BCUT2D eigenvalue weighted by molar-refractivity contribution is 6.34. The number of hydrogen-bond donors (Lipinski definition) is 1. The molecule has 0 atom stereocenters. The van der Waals surface area contributed by atoms with Gasteiger partial charge in [0.05, 0.1) is 23.4 Å². The summed E-state index contributed by atoms with van der Waals surface area (Å²) in [6, 6.07) is 6.52. The SMILES string of the molecule is CCCCOC(=O)c1ccc(NC(=O)c2c(Cl)cnn2CC)cc1. The largest absolute Gasteiger partial charge is 0.462 e. The zero-order chi connectivity index (χ0) is 17.5. The standard InChI is InChI=1S/C17H20ClN3O3/c1-3-5-10-24-17(23)12-6-8-13(9-7-12)20-16(22)15-14(18)11-19-21(15)4-2/h6-9,11H,3-5,10H2,1-2H3,(H,20,22). The number of amides is 1. The maximum absolute atomic E-state index is 12.3. The second kappa shape index (κ2) is 8.49. The lowest BCUT2D eigenvalue weighted by molar-refractivity contribution is 0.0499. The Balaban J connectivity index is 2.02. The minimum Gasteiger partial charge on any atom is -0.462 e. The minimum absolute atomic E-state index is 0.297. The van der Waals surface area contributed by atoms with Crippen LogP contribution in [0, 0.1) is 0 Å². The predicted molar refractivity (Wildman–Crippen MR) is 92.5 cm³/mol. The maximum atomic E-state index is 12.3. The van der Waals surface area contributed by atoms with Crippen LogP contribution in [0.1, 0.15) is 47.5 Å². The topological polar surface area (TPSA) is 73.2 Å². The summed E-state index contributed by atoms with van der Waals surface area (Å²) < 4.78 is 6.66. The molecule has 0 aliphatic heterocycles. The van der Waals surface area contributed by atoms with Crippen molar-refractivity contribution in [3.05, 3.63) is 46.7 Å². The summed E-state index contributed by atoms with van der Waals surface area (Å²) in [4.78, 5) is 24.2. The first-order valence-corrected chi connectivity index (χ1v) is 8.24. The fourth-order valence-electron chi connectivity index (χ4n) is 2.10. The summed E-state index contributed by atoms with van der Waals surface area (Å²) in [7, 11) is 0. The van der Waals surface area contributed by atoms with E-state index in [9.17, 15) is 9.59 Å². The number of carbonyl (C=O) groups excluding carboxylic acids is 2. The third kappa shape index (κ3) is 4.35. The predicted octanol–water partition coefficient (Wildman–Crippen LogP) is 3.77. The fourth-order valence-corrected chi connectivity index (χ4v) is 2.33. The summed E-state index contributed by atoms with van der Waals surface area (Å²) in [5.74, 6) is -0.717. The molecule has 1 aromatic carbocycles. The van der Waals surface area contributed by atoms with Crippen molar-refractivity contribution in [1.82, 2.24) is 9.78 Å². The van der Waals surface area contributed by atoms with Gasteiger partial charge in [-0.2, -0.15) is 5.10 Å². The summed E-state index contributed by atoms with van der Waals surface area (Å²) in [6.07, 6.45) is 3.25. The van der Waals surface area contributed by atoms with E-state index in [4.69, 9.17) is 16.3 Å². The number of ether oxygens (including phenoxy) is 1. The number of anilines is 1. The first-order valence-electron chi connectivity index (χ1n) is 7.86. The number of hydrogen-bond acceptors (Lipinski definition) is 4. The number of unbranched alkanes of at least 4 members (excludes halogenated alkanes) is 1. The van der Waals surface area contributed by atoms with Crippen LogP contribution in [0.2, 0.25) is 5.02 Å². The van der Waals surface area contributed by atoms with Gasteiger partial charge in [0.15, 0.2) is 0 Å². The van der Waals surface area contributed by atoms with Crippen molar-refractivity contribution in [3.63, 3.8) is 0 Å². The number of halogens is 1. The number of rotatable bonds is 7. The Labute approximate surface area is 145 Å². The molecule has 0 radical (unpaired) electrons. The van der Waals surface area contributed by atoms with Crippen LogP contribution in [0.3, 0.4) is 0 Å². The lowest BCUT2D eigenvalue weighted by atomic mass is 10.2. The fraction of sp³-hybridized carbons (Fsp3) is 0.353. The molecule has 7 heteroatoms. The van der Waals surface area contributed by atoms with Crippen LogP contribution in [-0.2, 0) is 11.3 Å². The van der Waals surface area contributed by atoms with Gasteiger partial charge in [0.1, 0.15) is 5.69 Å². The van der Waals surface area contributed by atoms with Crippen LogP contribution in [0.15, 0.2) is 30.5 Å². The highest BCUT2D eigenvalue weighted by Crippen LogP contribution is 2.18. The van der Waals surface area contributed by atoms with Crippen LogP contribution in [0.25, 0.3) is 0 Å². The molecule has 0 aliphatic carbocycles. The van der Waals surface area contributed by atoms with E-state index < -0.39 is 0 Å². The molecule has 0 fully saturated rings. The summed E-state index contributed by atoms with van der Waals surface area (Å²) in [5, 5.41) is 7.07. The Kier molecular flexibility index (Phi) is 6.37. The Hall–Kier alpha value is -2.34. The molecule has 0 saturated heterocycles. The van der Waals surface area contributed by atoms with Crippen molar-refractivity contribution in [2.24, 2.45) is 0 Å². The molecule has 1 N–H and O–H groups in total. The zero-order valence-corrected chi connectivity index (χ0v) is 14.5. The molecule has 0 spiro atoms. The summed E-state index contributed by atoms with van der Waals surface area (Å²) in [6.45, 7) is 4.85. The molecule has 1 heterocycles. The van der Waals surface area contributed by atoms with Crippen LogP contribution in [0.5, 0.6) is 0 Å². The van der Waals surface area contributed by atoms with Gasteiger partial charge in [-0.25, -0.2) is 4.79 Å². The van der Waals surface area contributed by atoms with Crippen LogP contribution in [0.4, 0.5) is 5.69 Å². The van der Waals surface area contributed by atoms with Gasteiger partial charge >= 0.3 is 5.97 Å². The van der Waals surface area contributed by atoms with E-state index >= 15 is 0 Å². The van der Waals surface area contributed by atoms with E-state index in [1.54, 1.807) is 24.3 Å². The van der Waals surface area contributed by atoms with Gasteiger partial charge in [0.25, 0.3) is 5.91 Å². The number of benzene rings is 1. The van der Waals surface area contributed by atoms with Gasteiger partial charge in [-0.15, -0.1) is 0 Å². The third-order valence-electron chi connectivity index (χ3n) is 3.42. The number of nitrogens with zero attached hydrogens (tertiary/aromatic N) is 2. The quantitative estimate of drug-likeness (QED) is 0.610. The average Bonchev–Trinajstić information content (AvgIpc) is 2.96. The number of nitrogens with one attached hydrogen (secondary N) is 1. The molecular formula is C17H20ClN3O3. The minimum atomic E-state index is -0.367. The molecule has 2 aromatic rings. The average molecular weight is 350 g/mol. The molecule has 128 valence electrons. The van der Waals surface area contributed by atoms with E-state index in [1.807, 2.05) is 13.8 Å². The van der Waals surface area contributed by atoms with Crippen molar-refractivity contribution >= 4 is 29.2 Å². The molecule has 6 nitrogen and oxygen atoms in total. The van der Waals surface area contributed by atoms with E-state index in [0.717, 1.165) is 12.8 Å². The summed E-state index contributed by atoms with van der Waals surface area (Å²) in [5.41, 5.74) is 1.31. The van der Waals surface area contributed by atoms with Gasteiger partial charge in [-0.3, -0.25) is 9.48 Å². The number of aryl methyl sites for hydroxylation is 1. The third-order valence-corrected chi connectivity index (χ3v) is 3.70. The zero-order valence-electron chi connectivity index (χ0n) is 13.7. The second-order valence-corrected chi connectivity index (χ2v) is 5.59. The Bertz CT molecular complexity index is 710. The normalized spacial score (nSPS) is 10.5. The smallest absolute Gasteiger partial charge is 0.338 e. The van der Waals surface area contributed by atoms with Gasteiger partial charge in [0, 0.05) is 12.2 Å². The number of carbonyl (C=O) groups is 2. The van der Waals surface area contributed by atoms with Gasteiger partial charge in [-0.1, -0.05) is 24.9 Å². The molecule has 1 amide bonds. The first kappa shape index (κ1) is 18.0. The first-order chi connectivity index (χ1) is 11.6. The van der Waals surface area contributed by atoms with Gasteiger partial charge in [-0.05, 0) is 37.6 Å². The van der Waals surface area contributed by atoms with Crippen molar-refractivity contribution in [2.75, 3.05) is 11.9 Å². The van der Waals surface area contributed by atoms with E-state index in [2.05, 4.69) is 10.4 Å². The van der Waals surface area contributed by atoms with Crippen molar-refractivity contribution in [1.29, 1.82) is 0 Å². The van der Waals surface area contributed by atoms with Crippen molar-refractivity contribution in [3.8, 4) is 0 Å². The highest BCUT2D eigenvalue weighted by atomic mass is 35.5. The molecule has 0 saturated carbocycles. The van der Waals surface area contributed by atoms with Crippen LogP contribution >= 0.6 is 11.6 Å². The van der Waals surface area contributed by atoms with Gasteiger partial charge in [0.2, 0.25) is 0 Å². The Morgan fingerprint density at radius 3 is 2.58 bits per heavy atom. The molecular weight excluding hydrogens is 330 g/mol. The van der Waals surface area contributed by atoms with Crippen molar-refractivity contribution in [2.45, 2.75) is 33.2 Å². The summed E-state index contributed by atoms with van der Waals surface area (Å²) >= 11 is 6.01. The van der Waals surface area contributed by atoms with Crippen LogP contribution in [-0.4, -0.2) is 28.3 Å². The van der Waals surface area contributed by atoms with Gasteiger partial charge < -0.3 is 10.1 Å². The Morgan fingerprint density at radius 1 is 1.25 bits per heavy atom. The number of aromatic nitrogens is 2. The highest BCUT2D eigenvalue weighted by Gasteiger charge is 2.17. The molecule has 1 aromatic heterocycles. The Morgan fingerprint density at radius 2 is 1.96 bits per heavy atom. The second-order valence-electron chi connectivity index (χ2n) is 5.18.